The van der Waals surface area contributed by atoms with Gasteiger partial charge in [0, 0.05) is 6.54 Å². The van der Waals surface area contributed by atoms with Crippen molar-refractivity contribution in [2.75, 3.05) is 14.2 Å². The van der Waals surface area contributed by atoms with Gasteiger partial charge in [-0.25, -0.2) is 18.6 Å². The molecular weight excluding hydrogens is 234 g/mol. The van der Waals surface area contributed by atoms with Crippen LogP contribution in [-0.2, 0) is 11.3 Å². The van der Waals surface area contributed by atoms with Gasteiger partial charge in [-0.05, 0) is 6.07 Å². The lowest BCUT2D eigenvalue weighted by atomic mass is 10.1. The first-order valence-electron chi connectivity index (χ1n) is 4.69. The van der Waals surface area contributed by atoms with E-state index in [2.05, 4.69) is 9.72 Å². The van der Waals surface area contributed by atoms with Gasteiger partial charge >= 0.3 is 5.97 Å². The molecule has 0 saturated carbocycles. The Bertz CT molecular complexity index is 424. The molecule has 0 aliphatic carbocycles. The molecular formula is C10H12F2N2O3. The van der Waals surface area contributed by atoms with Gasteiger partial charge < -0.3 is 15.2 Å². The SMILES string of the molecule is COC(=O)c1cc(OC)c(C(F)F)nc1CN. The number of nitrogens with zero attached hydrogens (tertiary/aromatic N) is 1. The van der Waals surface area contributed by atoms with Crippen LogP contribution in [0.1, 0.15) is 28.2 Å². The van der Waals surface area contributed by atoms with E-state index in [1.807, 2.05) is 0 Å². The molecule has 0 radical (unpaired) electrons. The lowest BCUT2D eigenvalue weighted by Gasteiger charge is -2.12. The smallest absolute Gasteiger partial charge is 0.339 e. The maximum absolute atomic E-state index is 12.6. The second kappa shape index (κ2) is 5.53. The van der Waals surface area contributed by atoms with E-state index in [9.17, 15) is 13.6 Å². The molecule has 0 spiro atoms. The summed E-state index contributed by atoms with van der Waals surface area (Å²) >= 11 is 0. The third-order valence-electron chi connectivity index (χ3n) is 2.12. The highest BCUT2D eigenvalue weighted by molar-refractivity contribution is 5.91. The summed E-state index contributed by atoms with van der Waals surface area (Å²) in [5.41, 5.74) is 4.88. The molecule has 0 amide bonds. The molecule has 0 atom stereocenters. The van der Waals surface area contributed by atoms with E-state index in [-0.39, 0.29) is 23.6 Å². The molecule has 94 valence electrons. The first-order chi connectivity index (χ1) is 8.04. The van der Waals surface area contributed by atoms with Gasteiger partial charge in [-0.1, -0.05) is 0 Å². The fraction of sp³-hybridized carbons (Fsp3) is 0.400. The van der Waals surface area contributed by atoms with Crippen molar-refractivity contribution in [2.24, 2.45) is 5.73 Å². The van der Waals surface area contributed by atoms with Gasteiger partial charge in [0.15, 0.2) is 0 Å². The molecule has 1 heterocycles. The second-order valence-corrected chi connectivity index (χ2v) is 3.07. The van der Waals surface area contributed by atoms with E-state index in [1.54, 1.807) is 0 Å². The summed E-state index contributed by atoms with van der Waals surface area (Å²) in [7, 11) is 2.39. The zero-order valence-corrected chi connectivity index (χ0v) is 9.37. The number of ether oxygens (including phenoxy) is 2. The number of esters is 1. The fourth-order valence-electron chi connectivity index (χ4n) is 1.31. The van der Waals surface area contributed by atoms with Gasteiger partial charge in [-0.15, -0.1) is 0 Å². The van der Waals surface area contributed by atoms with Crippen LogP contribution in [0.3, 0.4) is 0 Å². The summed E-state index contributed by atoms with van der Waals surface area (Å²) in [5.74, 6) is -0.866. The lowest BCUT2D eigenvalue weighted by Crippen LogP contribution is -2.13. The lowest BCUT2D eigenvalue weighted by molar-refractivity contribution is 0.0597. The number of alkyl halides is 2. The predicted molar refractivity (Wildman–Crippen MR) is 55.0 cm³/mol. The average molecular weight is 246 g/mol. The minimum atomic E-state index is -2.80. The van der Waals surface area contributed by atoms with Gasteiger partial charge in [0.1, 0.15) is 11.4 Å². The molecule has 1 aromatic rings. The van der Waals surface area contributed by atoms with Gasteiger partial charge in [-0.2, -0.15) is 0 Å². The number of rotatable bonds is 4. The number of aromatic nitrogens is 1. The Morgan fingerprint density at radius 3 is 2.59 bits per heavy atom. The van der Waals surface area contributed by atoms with Crippen LogP contribution in [0.2, 0.25) is 0 Å². The van der Waals surface area contributed by atoms with Crippen LogP contribution in [0.5, 0.6) is 5.75 Å². The number of carbonyl (C=O) groups excluding carboxylic acids is 1. The van der Waals surface area contributed by atoms with E-state index in [0.717, 1.165) is 6.07 Å². The van der Waals surface area contributed by atoms with Crippen molar-refractivity contribution in [3.05, 3.63) is 23.0 Å². The van der Waals surface area contributed by atoms with Crippen LogP contribution in [0.4, 0.5) is 8.78 Å². The summed E-state index contributed by atoms with van der Waals surface area (Å²) in [4.78, 5) is 15.0. The molecule has 0 unspecified atom stereocenters. The number of halogens is 2. The van der Waals surface area contributed by atoms with Crippen molar-refractivity contribution in [3.8, 4) is 5.75 Å². The average Bonchev–Trinajstić information content (AvgIpc) is 2.35. The maximum atomic E-state index is 12.6. The molecule has 0 bridgehead atoms. The Kier molecular flexibility index (Phi) is 4.33. The van der Waals surface area contributed by atoms with Gasteiger partial charge in [-0.3, -0.25) is 0 Å². The highest BCUT2D eigenvalue weighted by Crippen LogP contribution is 2.29. The van der Waals surface area contributed by atoms with E-state index in [1.165, 1.54) is 14.2 Å². The second-order valence-electron chi connectivity index (χ2n) is 3.07. The Balaban J connectivity index is 3.37. The number of hydrogen-bond acceptors (Lipinski definition) is 5. The van der Waals surface area contributed by atoms with E-state index < -0.39 is 18.1 Å². The first-order valence-corrected chi connectivity index (χ1v) is 4.69. The van der Waals surface area contributed by atoms with Crippen molar-refractivity contribution < 1.29 is 23.0 Å². The number of carbonyl (C=O) groups is 1. The van der Waals surface area contributed by atoms with Crippen molar-refractivity contribution in [1.82, 2.24) is 4.98 Å². The molecule has 0 aromatic carbocycles. The number of pyridine rings is 1. The highest BCUT2D eigenvalue weighted by Gasteiger charge is 2.22. The standard InChI is InChI=1S/C10H12F2N2O3/c1-16-7-3-5(10(15)17-2)6(4-13)14-8(7)9(11)12/h3,9H,4,13H2,1-2H3. The number of nitrogens with two attached hydrogens (primary N) is 1. The van der Waals surface area contributed by atoms with Crippen molar-refractivity contribution in [1.29, 1.82) is 0 Å². The van der Waals surface area contributed by atoms with Crippen molar-refractivity contribution in [3.63, 3.8) is 0 Å². The normalized spacial score (nSPS) is 10.5. The third kappa shape index (κ3) is 2.68. The number of methoxy groups -OCH3 is 2. The Morgan fingerprint density at radius 2 is 2.18 bits per heavy atom. The minimum absolute atomic E-state index is 0.0243. The fourth-order valence-corrected chi connectivity index (χ4v) is 1.31. The van der Waals surface area contributed by atoms with Crippen LogP contribution < -0.4 is 10.5 Å². The van der Waals surface area contributed by atoms with Crippen LogP contribution >= 0.6 is 0 Å². The molecule has 0 aliphatic rings. The minimum Gasteiger partial charge on any atom is -0.495 e. The highest BCUT2D eigenvalue weighted by atomic mass is 19.3. The first kappa shape index (κ1) is 13.3. The zero-order chi connectivity index (χ0) is 13.0. The molecule has 0 fully saturated rings. The van der Waals surface area contributed by atoms with Gasteiger partial charge in [0.2, 0.25) is 0 Å². The van der Waals surface area contributed by atoms with Gasteiger partial charge in [0.05, 0.1) is 25.5 Å². The zero-order valence-electron chi connectivity index (χ0n) is 9.37. The summed E-state index contributed by atoms with van der Waals surface area (Å²) in [5, 5.41) is 0. The third-order valence-corrected chi connectivity index (χ3v) is 2.12. The van der Waals surface area contributed by atoms with Crippen LogP contribution in [0.15, 0.2) is 6.07 Å². The largest absolute Gasteiger partial charge is 0.495 e. The number of hydrogen-bond donors (Lipinski definition) is 1. The van der Waals surface area contributed by atoms with Crippen LogP contribution in [-0.4, -0.2) is 25.2 Å². The van der Waals surface area contributed by atoms with Gasteiger partial charge in [0.25, 0.3) is 6.43 Å². The summed E-state index contributed by atoms with van der Waals surface area (Å²) in [6.07, 6.45) is -2.80. The van der Waals surface area contributed by atoms with Crippen molar-refractivity contribution >= 4 is 5.97 Å². The molecule has 0 aliphatic heterocycles. The van der Waals surface area contributed by atoms with Crippen LogP contribution in [0, 0.1) is 0 Å². The van der Waals surface area contributed by atoms with E-state index >= 15 is 0 Å². The summed E-state index contributed by atoms with van der Waals surface area (Å²) < 4.78 is 34.5. The van der Waals surface area contributed by atoms with E-state index in [0.29, 0.717) is 0 Å². The maximum Gasteiger partial charge on any atom is 0.339 e. The molecule has 17 heavy (non-hydrogen) atoms. The Labute approximate surface area is 96.5 Å². The Hall–Kier alpha value is -1.76. The molecule has 2 N–H and O–H groups in total. The monoisotopic (exact) mass is 246 g/mol. The summed E-state index contributed by atoms with van der Waals surface area (Å²) in [6.45, 7) is -0.145. The molecule has 7 heteroatoms. The molecule has 1 rings (SSSR count). The predicted octanol–water partition coefficient (Wildman–Crippen LogP) is 1.27. The van der Waals surface area contributed by atoms with E-state index in [4.69, 9.17) is 10.5 Å². The molecule has 5 nitrogen and oxygen atoms in total. The quantitative estimate of drug-likeness (QED) is 0.810. The Morgan fingerprint density at radius 1 is 1.53 bits per heavy atom. The van der Waals surface area contributed by atoms with Crippen molar-refractivity contribution in [2.45, 2.75) is 13.0 Å². The molecule has 1 aromatic heterocycles. The topological polar surface area (TPSA) is 74.4 Å². The molecule has 0 saturated heterocycles. The van der Waals surface area contributed by atoms with Crippen LogP contribution in [0.25, 0.3) is 0 Å². The summed E-state index contributed by atoms with van der Waals surface area (Å²) in [6, 6.07) is 1.16.